The summed E-state index contributed by atoms with van der Waals surface area (Å²) in [6.45, 7) is 0.799. The Morgan fingerprint density at radius 3 is 3.36 bits per heavy atom. The fraction of sp³-hybridized carbons (Fsp3) is 0.300. The molecule has 3 nitrogen and oxygen atoms in total. The van der Waals surface area contributed by atoms with Crippen LogP contribution in [0.5, 0.6) is 0 Å². The van der Waals surface area contributed by atoms with E-state index in [4.69, 9.17) is 4.74 Å². The van der Waals surface area contributed by atoms with Crippen molar-refractivity contribution in [2.24, 2.45) is 0 Å². The Morgan fingerprint density at radius 1 is 1.50 bits per heavy atom. The second kappa shape index (κ2) is 3.22. The number of nitrogens with one attached hydrogen (secondary N) is 1. The zero-order chi connectivity index (χ0) is 9.38. The molecule has 2 aromatic heterocycles. The van der Waals surface area contributed by atoms with E-state index in [-0.39, 0.29) is 6.10 Å². The molecule has 0 spiro atoms. The van der Waals surface area contributed by atoms with Crippen molar-refractivity contribution in [3.63, 3.8) is 0 Å². The molecule has 0 saturated heterocycles. The number of H-pyrrole nitrogens is 1. The van der Waals surface area contributed by atoms with Crippen molar-refractivity contribution < 1.29 is 4.74 Å². The summed E-state index contributed by atoms with van der Waals surface area (Å²) >= 11 is 1.76. The molecule has 1 aliphatic rings. The van der Waals surface area contributed by atoms with E-state index >= 15 is 0 Å². The van der Waals surface area contributed by atoms with Gasteiger partial charge >= 0.3 is 0 Å². The van der Waals surface area contributed by atoms with Crippen LogP contribution in [0.25, 0.3) is 0 Å². The summed E-state index contributed by atoms with van der Waals surface area (Å²) in [5.74, 6) is 0. The smallest absolute Gasteiger partial charge is 0.133 e. The minimum absolute atomic E-state index is 0.0706. The zero-order valence-electron chi connectivity index (χ0n) is 7.56. The molecule has 2 aromatic rings. The molecule has 72 valence electrons. The Hall–Kier alpha value is -1.13. The molecular formula is C10H10N2OS. The topological polar surface area (TPSA) is 37.9 Å². The highest BCUT2D eigenvalue weighted by atomic mass is 32.1. The molecule has 1 atom stereocenters. The third kappa shape index (κ3) is 1.19. The van der Waals surface area contributed by atoms with Crippen molar-refractivity contribution in [3.05, 3.63) is 39.8 Å². The van der Waals surface area contributed by atoms with Crippen LogP contribution in [0.3, 0.4) is 0 Å². The maximum Gasteiger partial charge on any atom is 0.133 e. The number of rotatable bonds is 1. The van der Waals surface area contributed by atoms with Gasteiger partial charge in [0.05, 0.1) is 12.3 Å². The molecule has 0 saturated carbocycles. The SMILES string of the molecule is c1cc(C2OCCc3ccsc32)[nH]n1. The van der Waals surface area contributed by atoms with Crippen LogP contribution in [0.2, 0.25) is 0 Å². The summed E-state index contributed by atoms with van der Waals surface area (Å²) in [5.41, 5.74) is 2.47. The quantitative estimate of drug-likeness (QED) is 0.776. The lowest BCUT2D eigenvalue weighted by Crippen LogP contribution is -2.15. The lowest BCUT2D eigenvalue weighted by Gasteiger charge is -2.21. The summed E-state index contributed by atoms with van der Waals surface area (Å²) in [6.07, 6.45) is 2.87. The first-order valence-corrected chi connectivity index (χ1v) is 5.50. The minimum atomic E-state index is 0.0706. The van der Waals surface area contributed by atoms with Gasteiger partial charge in [-0.05, 0) is 29.5 Å². The van der Waals surface area contributed by atoms with E-state index in [2.05, 4.69) is 21.6 Å². The van der Waals surface area contributed by atoms with Gasteiger partial charge in [-0.15, -0.1) is 11.3 Å². The predicted octanol–water partition coefficient (Wildman–Crippen LogP) is 2.13. The summed E-state index contributed by atoms with van der Waals surface area (Å²) in [6, 6.07) is 4.16. The van der Waals surface area contributed by atoms with Crippen molar-refractivity contribution >= 4 is 11.3 Å². The first-order valence-electron chi connectivity index (χ1n) is 4.62. The monoisotopic (exact) mass is 206 g/mol. The maximum atomic E-state index is 5.75. The third-order valence-electron chi connectivity index (χ3n) is 2.48. The Morgan fingerprint density at radius 2 is 2.50 bits per heavy atom. The Balaban J connectivity index is 2.04. The van der Waals surface area contributed by atoms with Gasteiger partial charge in [-0.2, -0.15) is 5.10 Å². The number of aromatic amines is 1. The first kappa shape index (κ1) is 8.20. The van der Waals surface area contributed by atoms with Crippen molar-refractivity contribution in [1.29, 1.82) is 0 Å². The van der Waals surface area contributed by atoms with Crippen molar-refractivity contribution in [2.45, 2.75) is 12.5 Å². The normalized spacial score (nSPS) is 20.7. The van der Waals surface area contributed by atoms with Gasteiger partial charge in [0.2, 0.25) is 0 Å². The highest BCUT2D eigenvalue weighted by Crippen LogP contribution is 2.35. The molecule has 4 heteroatoms. The van der Waals surface area contributed by atoms with Crippen LogP contribution in [0, 0.1) is 0 Å². The predicted molar refractivity (Wildman–Crippen MR) is 54.4 cm³/mol. The Bertz CT molecular complexity index is 421. The summed E-state index contributed by atoms with van der Waals surface area (Å²) < 4.78 is 5.75. The summed E-state index contributed by atoms with van der Waals surface area (Å²) in [7, 11) is 0. The highest BCUT2D eigenvalue weighted by Gasteiger charge is 2.24. The van der Waals surface area contributed by atoms with E-state index in [0.717, 1.165) is 18.7 Å². The van der Waals surface area contributed by atoms with Crippen LogP contribution < -0.4 is 0 Å². The van der Waals surface area contributed by atoms with Crippen LogP contribution in [0.15, 0.2) is 23.7 Å². The number of hydrogen-bond donors (Lipinski definition) is 1. The van der Waals surface area contributed by atoms with Crippen molar-refractivity contribution in [3.8, 4) is 0 Å². The molecule has 3 heterocycles. The van der Waals surface area contributed by atoms with Crippen molar-refractivity contribution in [2.75, 3.05) is 6.61 Å². The molecule has 14 heavy (non-hydrogen) atoms. The summed E-state index contributed by atoms with van der Waals surface area (Å²) in [4.78, 5) is 1.32. The van der Waals surface area contributed by atoms with Gasteiger partial charge in [0.25, 0.3) is 0 Å². The molecule has 0 aliphatic carbocycles. The average molecular weight is 206 g/mol. The number of nitrogens with zero attached hydrogens (tertiary/aromatic N) is 1. The van der Waals surface area contributed by atoms with Gasteiger partial charge in [0.1, 0.15) is 6.10 Å². The van der Waals surface area contributed by atoms with Crippen LogP contribution >= 0.6 is 11.3 Å². The number of thiophene rings is 1. The van der Waals surface area contributed by atoms with Gasteiger partial charge < -0.3 is 4.74 Å². The molecule has 0 radical (unpaired) electrons. The second-order valence-electron chi connectivity index (χ2n) is 3.32. The largest absolute Gasteiger partial charge is 0.366 e. The first-order chi connectivity index (χ1) is 6.95. The van der Waals surface area contributed by atoms with E-state index in [1.807, 2.05) is 6.07 Å². The van der Waals surface area contributed by atoms with Crippen LogP contribution in [0.1, 0.15) is 22.2 Å². The van der Waals surface area contributed by atoms with E-state index < -0.39 is 0 Å². The van der Waals surface area contributed by atoms with Gasteiger partial charge in [0, 0.05) is 11.1 Å². The van der Waals surface area contributed by atoms with Crippen LogP contribution in [-0.2, 0) is 11.2 Å². The number of ether oxygens (including phenoxy) is 1. The fourth-order valence-electron chi connectivity index (χ4n) is 1.79. The number of hydrogen-bond acceptors (Lipinski definition) is 3. The average Bonchev–Trinajstić information content (AvgIpc) is 2.88. The molecule has 1 aliphatic heterocycles. The van der Waals surface area contributed by atoms with Crippen molar-refractivity contribution in [1.82, 2.24) is 10.2 Å². The van der Waals surface area contributed by atoms with Gasteiger partial charge in [-0.1, -0.05) is 0 Å². The molecule has 3 rings (SSSR count). The van der Waals surface area contributed by atoms with Crippen LogP contribution in [-0.4, -0.2) is 16.8 Å². The molecule has 0 bridgehead atoms. The Labute approximate surface area is 85.7 Å². The molecule has 1 unspecified atom stereocenters. The van der Waals surface area contributed by atoms with Crippen LogP contribution in [0.4, 0.5) is 0 Å². The van der Waals surface area contributed by atoms with E-state index in [9.17, 15) is 0 Å². The van der Waals surface area contributed by atoms with E-state index in [1.54, 1.807) is 17.5 Å². The lowest BCUT2D eigenvalue weighted by atomic mass is 10.1. The number of fused-ring (bicyclic) bond motifs is 1. The zero-order valence-corrected chi connectivity index (χ0v) is 8.38. The standard InChI is InChI=1S/C10H10N2OS/c1-4-11-12-8(1)9-10-7(2-5-13-9)3-6-14-10/h1,3-4,6,9H,2,5H2,(H,11,12). The fourth-order valence-corrected chi connectivity index (χ4v) is 2.81. The molecule has 0 aromatic carbocycles. The van der Waals surface area contributed by atoms with E-state index in [1.165, 1.54) is 10.4 Å². The molecule has 0 amide bonds. The molecule has 0 fully saturated rings. The number of aromatic nitrogens is 2. The van der Waals surface area contributed by atoms with E-state index in [0.29, 0.717) is 0 Å². The summed E-state index contributed by atoms with van der Waals surface area (Å²) in [5, 5.41) is 9.05. The van der Waals surface area contributed by atoms with Gasteiger partial charge in [-0.25, -0.2) is 0 Å². The second-order valence-corrected chi connectivity index (χ2v) is 4.27. The molecule has 1 N–H and O–H groups in total. The van der Waals surface area contributed by atoms with Gasteiger partial charge in [-0.3, -0.25) is 5.10 Å². The minimum Gasteiger partial charge on any atom is -0.366 e. The lowest BCUT2D eigenvalue weighted by molar-refractivity contribution is 0.0700. The van der Waals surface area contributed by atoms with Gasteiger partial charge in [0.15, 0.2) is 0 Å². The third-order valence-corrected chi connectivity index (χ3v) is 3.48. The highest BCUT2D eigenvalue weighted by molar-refractivity contribution is 7.10. The molecular weight excluding hydrogens is 196 g/mol. The Kier molecular flexibility index (Phi) is 1.89. The maximum absolute atomic E-state index is 5.75.